The number of likely N-dealkylation sites (N-methyl/N-ethyl adjacent to an activating group) is 1. The molecule has 1 heterocycles. The quantitative estimate of drug-likeness (QED) is 0.353. The lowest BCUT2D eigenvalue weighted by Crippen LogP contribution is -2.29. The summed E-state index contributed by atoms with van der Waals surface area (Å²) in [5.41, 5.74) is 12.7. The Morgan fingerprint density at radius 3 is 2.58 bits per heavy atom. The van der Waals surface area contributed by atoms with E-state index in [0.717, 1.165) is 38.6 Å². The first-order valence-electron chi connectivity index (χ1n) is 11.1. The number of nitrogens with two attached hydrogens (primary N) is 1. The van der Waals surface area contributed by atoms with E-state index in [2.05, 4.69) is 11.1 Å². The fraction of sp³-hybridized carbons (Fsp3) is 0.259. The van der Waals surface area contributed by atoms with Crippen molar-refractivity contribution in [2.45, 2.75) is 20.8 Å². The number of hydrogen-bond acceptors (Lipinski definition) is 5. The van der Waals surface area contributed by atoms with Crippen molar-refractivity contribution in [2.75, 3.05) is 32.5 Å². The summed E-state index contributed by atoms with van der Waals surface area (Å²) in [5, 5.41) is 11.1. The van der Waals surface area contributed by atoms with Gasteiger partial charge in [0.25, 0.3) is 5.91 Å². The van der Waals surface area contributed by atoms with Crippen LogP contribution in [0.1, 0.15) is 28.4 Å². The van der Waals surface area contributed by atoms with Gasteiger partial charge in [0.2, 0.25) is 0 Å². The van der Waals surface area contributed by atoms with Crippen molar-refractivity contribution in [1.82, 2.24) is 4.90 Å². The van der Waals surface area contributed by atoms with Gasteiger partial charge < -0.3 is 20.2 Å². The Labute approximate surface area is 193 Å². The zero-order valence-electron chi connectivity index (χ0n) is 19.5. The Bertz CT molecular complexity index is 1390. The summed E-state index contributed by atoms with van der Waals surface area (Å²) in [6.45, 7) is 6.83. The van der Waals surface area contributed by atoms with Gasteiger partial charge >= 0.3 is 0 Å². The first-order chi connectivity index (χ1) is 15.8. The van der Waals surface area contributed by atoms with Crippen LogP contribution in [0.25, 0.3) is 33.4 Å². The molecule has 1 aliphatic heterocycles. The van der Waals surface area contributed by atoms with E-state index in [4.69, 9.17) is 10.2 Å². The summed E-state index contributed by atoms with van der Waals surface area (Å²) in [4.78, 5) is 19.4. The Balaban J connectivity index is 2.13. The molecule has 0 bridgehead atoms. The van der Waals surface area contributed by atoms with E-state index in [1.54, 1.807) is 7.05 Å². The molecule has 1 aliphatic carbocycles. The second-order valence-electron chi connectivity index (χ2n) is 8.29. The number of rotatable bonds is 5. The van der Waals surface area contributed by atoms with Gasteiger partial charge in [-0.25, -0.2) is 0 Å². The molecule has 2 aromatic carbocycles. The summed E-state index contributed by atoms with van der Waals surface area (Å²) < 4.78 is 6.30. The first kappa shape index (κ1) is 22.6. The zero-order valence-corrected chi connectivity index (χ0v) is 19.5. The van der Waals surface area contributed by atoms with Crippen LogP contribution >= 0.6 is 0 Å². The number of nitrogen functional groups attached to an aromatic ring is 1. The molecule has 3 N–H and O–H groups in total. The van der Waals surface area contributed by atoms with Crippen molar-refractivity contribution in [3.63, 3.8) is 0 Å². The van der Waals surface area contributed by atoms with Crippen molar-refractivity contribution in [2.24, 2.45) is 4.99 Å². The highest BCUT2D eigenvalue weighted by atomic mass is 16.3. The molecule has 0 unspecified atom stereocenters. The lowest BCUT2D eigenvalue weighted by atomic mass is 9.89. The van der Waals surface area contributed by atoms with E-state index >= 15 is 0 Å². The highest BCUT2D eigenvalue weighted by molar-refractivity contribution is 6.09. The van der Waals surface area contributed by atoms with Gasteiger partial charge in [-0.2, -0.15) is 0 Å². The second-order valence-corrected chi connectivity index (χ2v) is 8.29. The molecule has 33 heavy (non-hydrogen) atoms. The molecule has 170 valence electrons. The molecule has 0 radical (unpaired) electrons. The van der Waals surface area contributed by atoms with Crippen LogP contribution in [0.2, 0.25) is 0 Å². The summed E-state index contributed by atoms with van der Waals surface area (Å²) >= 11 is 0. The van der Waals surface area contributed by atoms with Crippen LogP contribution in [0.15, 0.2) is 57.9 Å². The number of aryl methyl sites for hydroxylation is 2. The predicted octanol–water partition coefficient (Wildman–Crippen LogP) is 4.39. The smallest absolute Gasteiger partial charge is 0.254 e. The Kier molecular flexibility index (Phi) is 6.20. The van der Waals surface area contributed by atoms with Gasteiger partial charge in [0.1, 0.15) is 11.3 Å². The van der Waals surface area contributed by atoms with Crippen molar-refractivity contribution in [3.05, 3.63) is 70.6 Å². The molecule has 0 saturated carbocycles. The largest absolute Gasteiger partial charge is 0.456 e. The van der Waals surface area contributed by atoms with Crippen molar-refractivity contribution in [1.29, 1.82) is 0 Å². The van der Waals surface area contributed by atoms with Crippen molar-refractivity contribution < 1.29 is 14.3 Å². The third-order valence-electron chi connectivity index (χ3n) is 5.96. The summed E-state index contributed by atoms with van der Waals surface area (Å²) in [5.74, 6) is 0.535. The zero-order chi connectivity index (χ0) is 23.7. The molecule has 6 nitrogen and oxygen atoms in total. The van der Waals surface area contributed by atoms with Crippen LogP contribution in [0, 0.1) is 13.8 Å². The molecular weight excluding hydrogens is 414 g/mol. The van der Waals surface area contributed by atoms with Gasteiger partial charge in [0, 0.05) is 60.0 Å². The second kappa shape index (κ2) is 9.08. The third-order valence-corrected chi connectivity index (χ3v) is 5.96. The van der Waals surface area contributed by atoms with Crippen molar-refractivity contribution in [3.8, 4) is 22.5 Å². The number of carbonyl (C=O) groups excluding carboxylic acids is 1. The number of anilines is 1. The normalized spacial score (nSPS) is 12.0. The summed E-state index contributed by atoms with van der Waals surface area (Å²) in [6, 6.07) is 15.5. The number of nitrogens with zero attached hydrogens (tertiary/aromatic N) is 2. The van der Waals surface area contributed by atoms with E-state index in [1.807, 2.05) is 63.2 Å². The van der Waals surface area contributed by atoms with Crippen LogP contribution in [0.4, 0.5) is 5.69 Å². The molecule has 2 aliphatic rings. The molecule has 4 rings (SSSR count). The molecular formula is C27H29N3O3. The average molecular weight is 444 g/mol. The van der Waals surface area contributed by atoms with Crippen LogP contribution in [0.5, 0.6) is 0 Å². The maximum atomic E-state index is 13.3. The van der Waals surface area contributed by atoms with E-state index in [9.17, 15) is 9.90 Å². The molecule has 0 aromatic heterocycles. The average Bonchev–Trinajstić information content (AvgIpc) is 2.79. The van der Waals surface area contributed by atoms with Crippen LogP contribution in [-0.4, -0.2) is 42.7 Å². The lowest BCUT2D eigenvalue weighted by molar-refractivity contribution is 0.0767. The molecule has 1 amide bonds. The number of aliphatic hydroxyl groups is 1. The molecule has 0 fully saturated rings. The number of benzene rings is 3. The number of aliphatic hydroxyl groups excluding tert-OH is 1. The standard InChI is InChI=1S/C27H29N3O3/c1-5-29-23-15-25-21(13-17(23)3)26(20-12-16(2)22(28)14-24(20)33-25)18-8-6-7-9-19(18)27(32)30(4)10-11-31/h6-9,12-15,31H,5,10-11,28H2,1-4H3. The van der Waals surface area contributed by atoms with Gasteiger partial charge in [-0.1, -0.05) is 18.2 Å². The molecule has 0 saturated heterocycles. The lowest BCUT2D eigenvalue weighted by Gasteiger charge is -2.21. The monoisotopic (exact) mass is 443 g/mol. The van der Waals surface area contributed by atoms with Gasteiger partial charge in [0.05, 0.1) is 12.0 Å². The van der Waals surface area contributed by atoms with Gasteiger partial charge in [-0.3, -0.25) is 9.79 Å². The summed E-state index contributed by atoms with van der Waals surface area (Å²) in [7, 11) is 1.69. The number of carbonyl (C=O) groups is 1. The molecule has 0 spiro atoms. The maximum Gasteiger partial charge on any atom is 0.254 e. The number of hydrogen-bond donors (Lipinski definition) is 2. The van der Waals surface area contributed by atoms with E-state index < -0.39 is 0 Å². The fourth-order valence-electron chi connectivity index (χ4n) is 4.18. The Morgan fingerprint density at radius 1 is 1.09 bits per heavy atom. The Morgan fingerprint density at radius 2 is 1.85 bits per heavy atom. The SMILES string of the molecule is CCN=c1cc2oc3cc(N)c(C)cc3c(-c3ccccc3C(=O)N(C)CCO)c-2cc1C. The van der Waals surface area contributed by atoms with Gasteiger partial charge in [0.15, 0.2) is 0 Å². The molecule has 2 aromatic rings. The number of fused-ring (bicyclic) bond motifs is 2. The van der Waals surface area contributed by atoms with Gasteiger partial charge in [-0.15, -0.1) is 0 Å². The topological polar surface area (TPSA) is 92.1 Å². The minimum atomic E-state index is -0.150. The maximum absolute atomic E-state index is 13.3. The van der Waals surface area contributed by atoms with E-state index in [-0.39, 0.29) is 19.1 Å². The minimum absolute atomic E-state index is 0.0954. The highest BCUT2D eigenvalue weighted by Crippen LogP contribution is 2.42. The fourth-order valence-corrected chi connectivity index (χ4v) is 4.18. The number of amides is 1. The van der Waals surface area contributed by atoms with Crippen LogP contribution < -0.4 is 11.1 Å². The predicted molar refractivity (Wildman–Crippen MR) is 132 cm³/mol. The van der Waals surface area contributed by atoms with Crippen LogP contribution in [-0.2, 0) is 0 Å². The Hall–Kier alpha value is -3.64. The molecule has 6 heteroatoms. The molecule has 0 atom stereocenters. The highest BCUT2D eigenvalue weighted by Gasteiger charge is 2.23. The van der Waals surface area contributed by atoms with Crippen molar-refractivity contribution >= 4 is 22.6 Å². The first-order valence-corrected chi connectivity index (χ1v) is 11.1. The summed E-state index contributed by atoms with van der Waals surface area (Å²) in [6.07, 6.45) is 0. The van der Waals surface area contributed by atoms with E-state index in [0.29, 0.717) is 29.1 Å². The van der Waals surface area contributed by atoms with Crippen LogP contribution in [0.3, 0.4) is 0 Å². The third kappa shape index (κ3) is 4.10. The van der Waals surface area contributed by atoms with Gasteiger partial charge in [-0.05, 0) is 55.7 Å². The van der Waals surface area contributed by atoms with E-state index in [1.165, 1.54) is 4.90 Å². The minimum Gasteiger partial charge on any atom is -0.456 e.